The van der Waals surface area contributed by atoms with Gasteiger partial charge in [-0.15, -0.1) is 0 Å². The van der Waals surface area contributed by atoms with E-state index in [-0.39, 0.29) is 0 Å². The first kappa shape index (κ1) is 6.86. The molecule has 0 saturated carbocycles. The Labute approximate surface area is 69.2 Å². The Hall–Kier alpha value is -0.250. The van der Waals surface area contributed by atoms with Crippen molar-refractivity contribution in [3.05, 3.63) is 36.2 Å². The predicted molar refractivity (Wildman–Crippen MR) is 47.9 cm³/mol. The third kappa shape index (κ3) is 1.58. The van der Waals surface area contributed by atoms with E-state index < -0.39 is 0 Å². The maximum Gasteiger partial charge on any atom is 0.0640 e. The molecule has 0 fully saturated rings. The summed E-state index contributed by atoms with van der Waals surface area (Å²) in [4.78, 5) is 0. The average molecular weight is 233 g/mol. The molecular weight excluding hydrogens is 225 g/mol. The van der Waals surface area contributed by atoms with Gasteiger partial charge >= 0.3 is 0 Å². The smallest absolute Gasteiger partial charge is 0.0640 e. The summed E-state index contributed by atoms with van der Waals surface area (Å²) in [7, 11) is 0. The third-order valence-electron chi connectivity index (χ3n) is 1.14. The third-order valence-corrected chi connectivity index (χ3v) is 2.02. The maximum absolute atomic E-state index is 2.25. The summed E-state index contributed by atoms with van der Waals surface area (Å²) in [6.45, 7) is 2.03. The van der Waals surface area contributed by atoms with E-state index in [4.69, 9.17) is 0 Å². The molecule has 0 spiro atoms. The highest BCUT2D eigenvalue weighted by Gasteiger charge is 1.98. The summed E-state index contributed by atoms with van der Waals surface area (Å²) in [5.74, 6) is 0. The molecule has 0 amide bonds. The Balaban J connectivity index is 2.78. The monoisotopic (exact) mass is 233 g/mol. The van der Waals surface area contributed by atoms with E-state index in [9.17, 15) is 0 Å². The molecule has 0 aromatic carbocycles. The lowest BCUT2D eigenvalue weighted by atomic mass is 10.3. The molecule has 0 bridgehead atoms. The van der Waals surface area contributed by atoms with Crippen LogP contribution < -0.4 is 0 Å². The summed E-state index contributed by atoms with van der Waals surface area (Å²) in [6.07, 6.45) is 10.2. The van der Waals surface area contributed by atoms with Crippen LogP contribution in [-0.2, 0) is 0 Å². The van der Waals surface area contributed by atoms with Gasteiger partial charge in [0.15, 0.2) is 0 Å². The summed E-state index contributed by atoms with van der Waals surface area (Å²) in [6, 6.07) is 0. The standard InChI is InChI=1S/C7H8IN/c1-2-7-5-3-4-6-9(7)8/h2-6H,1H3. The average Bonchev–Trinajstić information content (AvgIpc) is 1.89. The molecule has 48 valence electrons. The largest absolute Gasteiger partial charge is 0.291 e. The molecule has 0 aliphatic carbocycles. The second-order valence-electron chi connectivity index (χ2n) is 1.73. The van der Waals surface area contributed by atoms with Crippen molar-refractivity contribution in [2.24, 2.45) is 0 Å². The molecule has 2 heteroatoms. The molecule has 0 aromatic heterocycles. The first-order chi connectivity index (χ1) is 4.34. The highest BCUT2D eigenvalue weighted by atomic mass is 127. The highest BCUT2D eigenvalue weighted by Crippen LogP contribution is 2.16. The molecule has 0 unspecified atom stereocenters. The molecule has 1 aliphatic heterocycles. The zero-order chi connectivity index (χ0) is 6.69. The van der Waals surface area contributed by atoms with E-state index in [0.717, 1.165) is 0 Å². The van der Waals surface area contributed by atoms with E-state index >= 15 is 0 Å². The van der Waals surface area contributed by atoms with Crippen molar-refractivity contribution in [3.63, 3.8) is 0 Å². The van der Waals surface area contributed by atoms with Gasteiger partial charge in [0, 0.05) is 11.9 Å². The molecule has 9 heavy (non-hydrogen) atoms. The molecular formula is C7H8IN. The van der Waals surface area contributed by atoms with Crippen molar-refractivity contribution in [2.75, 3.05) is 0 Å². The van der Waals surface area contributed by atoms with E-state index in [1.807, 2.05) is 25.3 Å². The van der Waals surface area contributed by atoms with Crippen molar-refractivity contribution in [3.8, 4) is 0 Å². The summed E-state index contributed by atoms with van der Waals surface area (Å²) in [5.41, 5.74) is 1.23. The second kappa shape index (κ2) is 3.06. The van der Waals surface area contributed by atoms with Crippen LogP contribution in [-0.4, -0.2) is 3.11 Å². The number of hydrogen-bond donors (Lipinski definition) is 0. The van der Waals surface area contributed by atoms with Crippen LogP contribution in [0.25, 0.3) is 0 Å². The Morgan fingerprint density at radius 3 is 2.78 bits per heavy atom. The Morgan fingerprint density at radius 2 is 2.33 bits per heavy atom. The first-order valence-electron chi connectivity index (χ1n) is 2.81. The van der Waals surface area contributed by atoms with Crippen LogP contribution in [0, 0.1) is 0 Å². The molecule has 0 saturated heterocycles. The van der Waals surface area contributed by atoms with E-state index in [0.29, 0.717) is 0 Å². The van der Waals surface area contributed by atoms with E-state index in [2.05, 4.69) is 38.1 Å². The fraction of sp³-hybridized carbons (Fsp3) is 0.143. The van der Waals surface area contributed by atoms with Crippen LogP contribution in [0.5, 0.6) is 0 Å². The Kier molecular flexibility index (Phi) is 2.33. The topological polar surface area (TPSA) is 3.24 Å². The fourth-order valence-electron chi connectivity index (χ4n) is 0.656. The normalized spacial score (nSPS) is 21.6. The zero-order valence-corrected chi connectivity index (χ0v) is 7.37. The van der Waals surface area contributed by atoms with Crippen LogP contribution >= 0.6 is 22.9 Å². The van der Waals surface area contributed by atoms with Crippen LogP contribution in [0.15, 0.2) is 36.2 Å². The quantitative estimate of drug-likeness (QED) is 0.459. The number of allylic oxidation sites excluding steroid dienone is 4. The molecule has 1 aliphatic rings. The minimum absolute atomic E-state index is 1.23. The summed E-state index contributed by atoms with van der Waals surface area (Å²) >= 11 is 2.25. The van der Waals surface area contributed by atoms with Gasteiger partial charge in [0.05, 0.1) is 22.9 Å². The van der Waals surface area contributed by atoms with Gasteiger partial charge in [-0.05, 0) is 19.1 Å². The van der Waals surface area contributed by atoms with E-state index in [1.165, 1.54) is 5.70 Å². The second-order valence-corrected chi connectivity index (χ2v) is 2.76. The van der Waals surface area contributed by atoms with Crippen LogP contribution in [0.1, 0.15) is 6.92 Å². The zero-order valence-electron chi connectivity index (χ0n) is 5.21. The maximum atomic E-state index is 2.25. The SMILES string of the molecule is CC=C1C=CC=CN1I. The van der Waals surface area contributed by atoms with Gasteiger partial charge in [0.25, 0.3) is 0 Å². The minimum atomic E-state index is 1.23. The van der Waals surface area contributed by atoms with Crippen LogP contribution in [0.3, 0.4) is 0 Å². The number of nitrogens with zero attached hydrogens (tertiary/aromatic N) is 1. The molecule has 0 radical (unpaired) electrons. The van der Waals surface area contributed by atoms with Gasteiger partial charge in [-0.25, -0.2) is 0 Å². The van der Waals surface area contributed by atoms with Crippen LogP contribution in [0.4, 0.5) is 0 Å². The van der Waals surface area contributed by atoms with Crippen LogP contribution in [0.2, 0.25) is 0 Å². The fourth-order valence-corrected chi connectivity index (χ4v) is 1.28. The number of rotatable bonds is 0. The highest BCUT2D eigenvalue weighted by molar-refractivity contribution is 14.1. The van der Waals surface area contributed by atoms with Crippen molar-refractivity contribution in [2.45, 2.75) is 6.92 Å². The molecule has 1 rings (SSSR count). The van der Waals surface area contributed by atoms with E-state index in [1.54, 1.807) is 0 Å². The number of halogens is 1. The molecule has 0 aromatic rings. The molecule has 1 heterocycles. The van der Waals surface area contributed by atoms with Crippen molar-refractivity contribution < 1.29 is 0 Å². The summed E-state index contributed by atoms with van der Waals surface area (Å²) in [5, 5.41) is 0. The van der Waals surface area contributed by atoms with Gasteiger partial charge in [0.1, 0.15) is 0 Å². The van der Waals surface area contributed by atoms with Gasteiger partial charge < -0.3 is 0 Å². The van der Waals surface area contributed by atoms with Crippen molar-refractivity contribution >= 4 is 22.9 Å². The number of hydrogen-bond acceptors (Lipinski definition) is 1. The minimum Gasteiger partial charge on any atom is -0.291 e. The lowest BCUT2D eigenvalue weighted by Gasteiger charge is -2.13. The van der Waals surface area contributed by atoms with Gasteiger partial charge in [-0.2, -0.15) is 0 Å². The van der Waals surface area contributed by atoms with Gasteiger partial charge in [0.2, 0.25) is 0 Å². The first-order valence-corrected chi connectivity index (χ1v) is 3.77. The van der Waals surface area contributed by atoms with Gasteiger partial charge in [-0.1, -0.05) is 12.2 Å². The Bertz CT molecular complexity index is 179. The molecule has 1 nitrogen and oxygen atoms in total. The lowest BCUT2D eigenvalue weighted by molar-refractivity contribution is 0.846. The van der Waals surface area contributed by atoms with Gasteiger partial charge in [-0.3, -0.25) is 3.11 Å². The molecule has 0 atom stereocenters. The molecule has 0 N–H and O–H groups in total. The predicted octanol–water partition coefficient (Wildman–Crippen LogP) is 2.63. The lowest BCUT2D eigenvalue weighted by Crippen LogP contribution is -2.01. The van der Waals surface area contributed by atoms with Crippen molar-refractivity contribution in [1.29, 1.82) is 0 Å². The Morgan fingerprint density at radius 1 is 1.56 bits per heavy atom. The summed E-state index contributed by atoms with van der Waals surface area (Å²) < 4.78 is 2.05. The van der Waals surface area contributed by atoms with Crippen molar-refractivity contribution in [1.82, 2.24) is 3.11 Å².